The summed E-state index contributed by atoms with van der Waals surface area (Å²) in [7, 11) is 1.52. The zero-order valence-electron chi connectivity index (χ0n) is 14.5. The molecule has 0 atom stereocenters. The van der Waals surface area contributed by atoms with Crippen LogP contribution in [0.25, 0.3) is 0 Å². The number of hydrogen-bond donors (Lipinski definition) is 1. The molecular weight excluding hydrogens is 347 g/mol. The normalized spacial score (nSPS) is 11.1. The van der Waals surface area contributed by atoms with Crippen molar-refractivity contribution in [2.24, 2.45) is 0 Å². The predicted molar refractivity (Wildman–Crippen MR) is 92.6 cm³/mol. The van der Waals surface area contributed by atoms with E-state index in [4.69, 9.17) is 9.47 Å². The summed E-state index contributed by atoms with van der Waals surface area (Å²) in [5.74, 6) is 0.634. The van der Waals surface area contributed by atoms with Crippen LogP contribution >= 0.6 is 0 Å². The van der Waals surface area contributed by atoms with Gasteiger partial charge < -0.3 is 14.8 Å². The van der Waals surface area contributed by atoms with Crippen LogP contribution in [0.2, 0.25) is 0 Å². The Balaban J connectivity index is 1.99. The molecule has 7 heteroatoms. The highest BCUT2D eigenvalue weighted by Gasteiger charge is 2.29. The molecule has 0 radical (unpaired) electrons. The topological polar surface area (TPSA) is 47.6 Å². The predicted octanol–water partition coefficient (Wildman–Crippen LogP) is 4.68. The van der Waals surface area contributed by atoms with Crippen LogP contribution in [0, 0.1) is 0 Å². The van der Waals surface area contributed by atoms with Gasteiger partial charge in [-0.3, -0.25) is 4.79 Å². The quantitative estimate of drug-likeness (QED) is 0.570. The van der Waals surface area contributed by atoms with Crippen molar-refractivity contribution in [1.82, 2.24) is 0 Å². The first-order valence-corrected chi connectivity index (χ1v) is 8.12. The molecule has 0 amide bonds. The number of alkyl halides is 3. The van der Waals surface area contributed by atoms with Gasteiger partial charge in [-0.2, -0.15) is 13.2 Å². The number of esters is 1. The number of carbonyl (C=O) groups is 1. The third kappa shape index (κ3) is 5.40. The van der Waals surface area contributed by atoms with Gasteiger partial charge in [0.25, 0.3) is 0 Å². The minimum absolute atomic E-state index is 0.267. The van der Waals surface area contributed by atoms with E-state index in [0.29, 0.717) is 30.2 Å². The van der Waals surface area contributed by atoms with Crippen molar-refractivity contribution in [2.75, 3.05) is 19.0 Å². The van der Waals surface area contributed by atoms with Crippen molar-refractivity contribution in [3.8, 4) is 11.5 Å². The molecule has 2 aromatic carbocycles. The fourth-order valence-corrected chi connectivity index (χ4v) is 2.29. The van der Waals surface area contributed by atoms with Crippen LogP contribution in [0.1, 0.15) is 24.5 Å². The number of ether oxygens (including phenoxy) is 2. The molecule has 0 aromatic heterocycles. The average molecular weight is 367 g/mol. The van der Waals surface area contributed by atoms with E-state index in [1.54, 1.807) is 25.1 Å². The van der Waals surface area contributed by atoms with Crippen molar-refractivity contribution >= 4 is 11.7 Å². The van der Waals surface area contributed by atoms with Gasteiger partial charge in [0.05, 0.1) is 18.4 Å². The van der Waals surface area contributed by atoms with Crippen LogP contribution < -0.4 is 14.8 Å². The first-order valence-electron chi connectivity index (χ1n) is 8.12. The van der Waals surface area contributed by atoms with Gasteiger partial charge >= 0.3 is 12.1 Å². The van der Waals surface area contributed by atoms with Gasteiger partial charge in [0.15, 0.2) is 0 Å². The summed E-state index contributed by atoms with van der Waals surface area (Å²) in [6.45, 7) is 2.18. The lowest BCUT2D eigenvalue weighted by Crippen LogP contribution is -2.09. The largest absolute Gasteiger partial charge is 0.495 e. The molecule has 140 valence electrons. The van der Waals surface area contributed by atoms with Gasteiger partial charge in [0, 0.05) is 19.0 Å². The number of benzene rings is 2. The van der Waals surface area contributed by atoms with E-state index >= 15 is 0 Å². The maximum Gasteiger partial charge on any atom is 0.416 e. The van der Waals surface area contributed by atoms with Crippen LogP contribution in [0.5, 0.6) is 11.5 Å². The zero-order valence-corrected chi connectivity index (χ0v) is 14.5. The highest BCUT2D eigenvalue weighted by molar-refractivity contribution is 5.73. The molecule has 0 bridgehead atoms. The Kier molecular flexibility index (Phi) is 6.49. The van der Waals surface area contributed by atoms with Crippen molar-refractivity contribution in [2.45, 2.75) is 25.9 Å². The van der Waals surface area contributed by atoms with Gasteiger partial charge in [0.2, 0.25) is 0 Å². The monoisotopic (exact) mass is 367 g/mol. The van der Waals surface area contributed by atoms with Crippen LogP contribution in [0.3, 0.4) is 0 Å². The molecule has 0 aliphatic rings. The van der Waals surface area contributed by atoms with Crippen LogP contribution in [-0.2, 0) is 17.4 Å². The SMILES string of the molecule is CCC(=O)Oc1ccc(OC)c(NCCc2ccc(C(F)(F)F)cc2)c1. The van der Waals surface area contributed by atoms with E-state index in [9.17, 15) is 18.0 Å². The molecule has 0 fully saturated rings. The van der Waals surface area contributed by atoms with Crippen molar-refractivity contribution in [3.05, 3.63) is 53.6 Å². The number of anilines is 1. The summed E-state index contributed by atoms with van der Waals surface area (Å²) in [4.78, 5) is 11.4. The lowest BCUT2D eigenvalue weighted by Gasteiger charge is -2.13. The van der Waals surface area contributed by atoms with Gasteiger partial charge in [-0.1, -0.05) is 19.1 Å². The second-order valence-electron chi connectivity index (χ2n) is 5.56. The van der Waals surface area contributed by atoms with Crippen LogP contribution in [0.15, 0.2) is 42.5 Å². The maximum atomic E-state index is 12.6. The standard InChI is InChI=1S/C19H20F3NO3/c1-3-18(24)26-15-8-9-17(25-2)16(12-15)23-11-10-13-4-6-14(7-5-13)19(20,21)22/h4-9,12,23H,3,10-11H2,1-2H3. The first-order chi connectivity index (χ1) is 12.3. The molecule has 0 saturated carbocycles. The Hall–Kier alpha value is -2.70. The smallest absolute Gasteiger partial charge is 0.416 e. The highest BCUT2D eigenvalue weighted by Crippen LogP contribution is 2.30. The number of methoxy groups -OCH3 is 1. The second kappa shape index (κ2) is 8.60. The minimum atomic E-state index is -4.33. The molecule has 0 spiro atoms. The molecule has 0 unspecified atom stereocenters. The van der Waals surface area contributed by atoms with Gasteiger partial charge in [-0.15, -0.1) is 0 Å². The van der Waals surface area contributed by atoms with Gasteiger partial charge in [-0.05, 0) is 36.2 Å². The number of hydrogen-bond acceptors (Lipinski definition) is 4. The Bertz CT molecular complexity index is 743. The number of nitrogens with one attached hydrogen (secondary N) is 1. The van der Waals surface area contributed by atoms with Gasteiger partial charge in [0.1, 0.15) is 11.5 Å². The molecule has 0 saturated heterocycles. The Labute approximate surface area is 149 Å². The average Bonchev–Trinajstić information content (AvgIpc) is 2.61. The molecule has 0 heterocycles. The zero-order chi connectivity index (χ0) is 19.2. The third-order valence-electron chi connectivity index (χ3n) is 3.70. The maximum absolute atomic E-state index is 12.6. The van der Waals surface area contributed by atoms with Gasteiger partial charge in [-0.25, -0.2) is 0 Å². The van der Waals surface area contributed by atoms with E-state index in [1.165, 1.54) is 19.2 Å². The highest BCUT2D eigenvalue weighted by atomic mass is 19.4. The fourth-order valence-electron chi connectivity index (χ4n) is 2.29. The summed E-state index contributed by atoms with van der Waals surface area (Å²) in [5.41, 5.74) is 0.750. The minimum Gasteiger partial charge on any atom is -0.495 e. The number of rotatable bonds is 7. The summed E-state index contributed by atoms with van der Waals surface area (Å²) >= 11 is 0. The van der Waals surface area contributed by atoms with Crippen molar-refractivity contribution in [1.29, 1.82) is 0 Å². The van der Waals surface area contributed by atoms with E-state index in [2.05, 4.69) is 5.32 Å². The molecule has 0 aliphatic heterocycles. The van der Waals surface area contributed by atoms with Crippen molar-refractivity contribution < 1.29 is 27.4 Å². The molecule has 2 aromatic rings. The van der Waals surface area contributed by atoms with Crippen LogP contribution in [-0.4, -0.2) is 19.6 Å². The second-order valence-corrected chi connectivity index (χ2v) is 5.56. The lowest BCUT2D eigenvalue weighted by molar-refractivity contribution is -0.137. The summed E-state index contributed by atoms with van der Waals surface area (Å²) < 4.78 is 48.1. The summed E-state index contributed by atoms with van der Waals surface area (Å²) in [6, 6.07) is 10.0. The summed E-state index contributed by atoms with van der Waals surface area (Å²) in [6.07, 6.45) is -3.54. The summed E-state index contributed by atoms with van der Waals surface area (Å²) in [5, 5.41) is 3.15. The number of halogens is 3. The number of carbonyl (C=O) groups excluding carboxylic acids is 1. The van der Waals surface area contributed by atoms with E-state index in [-0.39, 0.29) is 12.4 Å². The third-order valence-corrected chi connectivity index (χ3v) is 3.70. The Morgan fingerprint density at radius 1 is 1.12 bits per heavy atom. The lowest BCUT2D eigenvalue weighted by atomic mass is 10.1. The van der Waals surface area contributed by atoms with E-state index in [0.717, 1.165) is 17.7 Å². The molecule has 26 heavy (non-hydrogen) atoms. The van der Waals surface area contributed by atoms with Crippen LogP contribution in [0.4, 0.5) is 18.9 Å². The molecule has 1 N–H and O–H groups in total. The Morgan fingerprint density at radius 3 is 2.38 bits per heavy atom. The first kappa shape index (κ1) is 19.6. The van der Waals surface area contributed by atoms with Crippen molar-refractivity contribution in [3.63, 3.8) is 0 Å². The van der Waals surface area contributed by atoms with E-state index in [1.807, 2.05) is 0 Å². The molecule has 4 nitrogen and oxygen atoms in total. The molecule has 0 aliphatic carbocycles. The van der Waals surface area contributed by atoms with E-state index < -0.39 is 11.7 Å². The molecule has 2 rings (SSSR count). The Morgan fingerprint density at radius 2 is 1.81 bits per heavy atom. The fraction of sp³-hybridized carbons (Fsp3) is 0.316. The molecular formula is C19H20F3NO3.